The molecule has 0 heterocycles. The molecular weight excluding hydrogens is 296 g/mol. The van der Waals surface area contributed by atoms with E-state index in [1.807, 2.05) is 30.3 Å². The van der Waals surface area contributed by atoms with Gasteiger partial charge in [0.25, 0.3) is 0 Å². The zero-order valence-electron chi connectivity index (χ0n) is 11.5. The topological polar surface area (TPSA) is 34.1 Å². The molecule has 1 aliphatic rings. The van der Waals surface area contributed by atoms with Gasteiger partial charge in [-0.05, 0) is 10.9 Å². The number of carbonyl (C=O) groups excluding carboxylic acids is 2. The van der Waals surface area contributed by atoms with Crippen molar-refractivity contribution in [3.05, 3.63) is 83.4 Å². The highest BCUT2D eigenvalue weighted by atomic mass is 35.5. The van der Waals surface area contributed by atoms with E-state index in [-0.39, 0.29) is 11.6 Å². The van der Waals surface area contributed by atoms with Gasteiger partial charge in [0.05, 0.1) is 0 Å². The van der Waals surface area contributed by atoms with Crippen molar-refractivity contribution in [2.75, 3.05) is 0 Å². The lowest BCUT2D eigenvalue weighted by molar-refractivity contribution is 0.0825. The van der Waals surface area contributed by atoms with E-state index in [1.54, 1.807) is 36.4 Å². The minimum Gasteiger partial charge on any atom is -0.291 e. The fourth-order valence-electron chi connectivity index (χ4n) is 3.12. The van der Waals surface area contributed by atoms with Crippen LogP contribution in [0.3, 0.4) is 0 Å². The van der Waals surface area contributed by atoms with Gasteiger partial charge in [0, 0.05) is 16.5 Å². The first-order chi connectivity index (χ1) is 10.6. The highest BCUT2D eigenvalue weighted by Crippen LogP contribution is 2.43. The second kappa shape index (κ2) is 4.52. The number of halogens is 1. The van der Waals surface area contributed by atoms with Crippen LogP contribution in [0.1, 0.15) is 26.3 Å². The predicted octanol–water partition coefficient (Wildman–Crippen LogP) is 4.35. The molecule has 0 radical (unpaired) electrons. The lowest BCUT2D eigenvalue weighted by Gasteiger charge is -2.30. The van der Waals surface area contributed by atoms with Crippen molar-refractivity contribution >= 4 is 33.9 Å². The molecule has 0 spiro atoms. The van der Waals surface area contributed by atoms with Gasteiger partial charge in [-0.25, -0.2) is 0 Å². The summed E-state index contributed by atoms with van der Waals surface area (Å²) in [6.45, 7) is 0. The van der Waals surface area contributed by atoms with Crippen molar-refractivity contribution in [2.24, 2.45) is 0 Å². The van der Waals surface area contributed by atoms with E-state index in [4.69, 9.17) is 11.6 Å². The molecule has 22 heavy (non-hydrogen) atoms. The highest BCUT2D eigenvalue weighted by Gasteiger charge is 2.50. The summed E-state index contributed by atoms with van der Waals surface area (Å²) in [6, 6.07) is 19.7. The number of hydrogen-bond acceptors (Lipinski definition) is 2. The van der Waals surface area contributed by atoms with Gasteiger partial charge in [0.15, 0.2) is 16.4 Å². The second-order valence-electron chi connectivity index (χ2n) is 5.39. The zero-order chi connectivity index (χ0) is 15.3. The van der Waals surface area contributed by atoms with Crippen LogP contribution < -0.4 is 0 Å². The normalized spacial score (nSPS) is 16.0. The van der Waals surface area contributed by atoms with Gasteiger partial charge in [-0.3, -0.25) is 9.59 Å². The molecule has 3 heteroatoms. The SMILES string of the molecule is O=C1c2cccc3cccc(c23)C(=O)C1(Cl)c1ccccc1. The Morgan fingerprint density at radius 2 is 1.23 bits per heavy atom. The molecule has 0 unspecified atom stereocenters. The third kappa shape index (κ3) is 1.56. The summed E-state index contributed by atoms with van der Waals surface area (Å²) in [7, 11) is 0. The molecule has 1 aliphatic carbocycles. The van der Waals surface area contributed by atoms with E-state index in [0.717, 1.165) is 5.39 Å². The van der Waals surface area contributed by atoms with Gasteiger partial charge in [-0.1, -0.05) is 78.3 Å². The Morgan fingerprint density at radius 3 is 1.77 bits per heavy atom. The highest BCUT2D eigenvalue weighted by molar-refractivity contribution is 6.54. The number of alkyl halides is 1. The standard InChI is InChI=1S/C19H11ClO2/c20-19(13-8-2-1-3-9-13)17(21)14-10-4-6-12-7-5-11-15(16(12)14)18(19)22/h1-11H. The zero-order valence-corrected chi connectivity index (χ0v) is 12.3. The molecule has 3 aromatic carbocycles. The van der Waals surface area contributed by atoms with Crippen LogP contribution in [0.15, 0.2) is 66.7 Å². The monoisotopic (exact) mass is 306 g/mol. The molecule has 0 fully saturated rings. The van der Waals surface area contributed by atoms with Crippen LogP contribution in [0, 0.1) is 0 Å². The first-order valence-corrected chi connectivity index (χ1v) is 7.37. The quantitative estimate of drug-likeness (QED) is 0.494. The number of carbonyl (C=O) groups is 2. The molecule has 2 nitrogen and oxygen atoms in total. The molecule has 0 aliphatic heterocycles. The molecule has 0 saturated carbocycles. The second-order valence-corrected chi connectivity index (χ2v) is 5.96. The maximum absolute atomic E-state index is 13.0. The van der Waals surface area contributed by atoms with Gasteiger partial charge in [0.1, 0.15) is 0 Å². The third-order valence-corrected chi connectivity index (χ3v) is 4.75. The number of rotatable bonds is 1. The van der Waals surface area contributed by atoms with Crippen LogP contribution in [-0.4, -0.2) is 11.6 Å². The van der Waals surface area contributed by atoms with Crippen molar-refractivity contribution in [2.45, 2.75) is 4.87 Å². The van der Waals surface area contributed by atoms with E-state index >= 15 is 0 Å². The van der Waals surface area contributed by atoms with Crippen LogP contribution in [0.2, 0.25) is 0 Å². The Morgan fingerprint density at radius 1 is 0.682 bits per heavy atom. The molecule has 0 amide bonds. The maximum Gasteiger partial charge on any atom is 0.196 e. The Kier molecular flexibility index (Phi) is 2.72. The first kappa shape index (κ1) is 13.2. The molecule has 0 atom stereocenters. The molecule has 0 aromatic heterocycles. The minimum atomic E-state index is -1.68. The van der Waals surface area contributed by atoms with Crippen LogP contribution in [-0.2, 0) is 4.87 Å². The predicted molar refractivity (Wildman–Crippen MR) is 86.6 cm³/mol. The van der Waals surface area contributed by atoms with Crippen molar-refractivity contribution in [1.82, 2.24) is 0 Å². The average molecular weight is 307 g/mol. The van der Waals surface area contributed by atoms with Crippen LogP contribution in [0.4, 0.5) is 0 Å². The van der Waals surface area contributed by atoms with Crippen molar-refractivity contribution in [1.29, 1.82) is 0 Å². The van der Waals surface area contributed by atoms with E-state index < -0.39 is 4.87 Å². The summed E-state index contributed by atoms with van der Waals surface area (Å²) in [5.74, 6) is -0.704. The Balaban J connectivity index is 2.08. The van der Waals surface area contributed by atoms with Gasteiger partial charge >= 0.3 is 0 Å². The van der Waals surface area contributed by atoms with E-state index in [9.17, 15) is 9.59 Å². The summed E-state index contributed by atoms with van der Waals surface area (Å²) in [5, 5.41) is 1.58. The van der Waals surface area contributed by atoms with E-state index in [2.05, 4.69) is 0 Å². The Labute approximate surface area is 132 Å². The largest absolute Gasteiger partial charge is 0.291 e. The van der Waals surface area contributed by atoms with Gasteiger partial charge in [0.2, 0.25) is 0 Å². The summed E-state index contributed by atoms with van der Waals surface area (Å²) in [5.41, 5.74) is 1.52. The molecule has 0 N–H and O–H groups in total. The number of Topliss-reactive ketones (excluding diaryl/α,β-unsaturated/α-hetero) is 2. The first-order valence-electron chi connectivity index (χ1n) is 7.00. The minimum absolute atomic E-state index is 0.352. The Bertz CT molecular complexity index is 878. The summed E-state index contributed by atoms with van der Waals surface area (Å²) in [4.78, 5) is 24.3. The third-order valence-electron chi connectivity index (χ3n) is 4.19. The molecule has 106 valence electrons. The molecule has 0 bridgehead atoms. The molecular formula is C19H11ClO2. The lowest BCUT2D eigenvalue weighted by Crippen LogP contribution is -2.41. The number of hydrogen-bond donors (Lipinski definition) is 0. The fraction of sp³-hybridized carbons (Fsp3) is 0.0526. The van der Waals surface area contributed by atoms with Crippen molar-refractivity contribution in [3.8, 4) is 0 Å². The van der Waals surface area contributed by atoms with Crippen molar-refractivity contribution in [3.63, 3.8) is 0 Å². The van der Waals surface area contributed by atoms with E-state index in [0.29, 0.717) is 22.1 Å². The van der Waals surface area contributed by atoms with Crippen molar-refractivity contribution < 1.29 is 9.59 Å². The van der Waals surface area contributed by atoms with Gasteiger partial charge in [-0.2, -0.15) is 0 Å². The molecule has 3 aromatic rings. The maximum atomic E-state index is 13.0. The van der Waals surface area contributed by atoms with Crippen LogP contribution in [0.5, 0.6) is 0 Å². The summed E-state index contributed by atoms with van der Waals surface area (Å²) in [6.07, 6.45) is 0. The van der Waals surface area contributed by atoms with Crippen LogP contribution >= 0.6 is 11.6 Å². The smallest absolute Gasteiger partial charge is 0.196 e. The number of ketones is 2. The number of benzene rings is 3. The lowest BCUT2D eigenvalue weighted by atomic mass is 9.76. The molecule has 0 saturated heterocycles. The average Bonchev–Trinajstić information content (AvgIpc) is 2.58. The fourth-order valence-corrected chi connectivity index (χ4v) is 3.45. The summed E-state index contributed by atoms with van der Waals surface area (Å²) < 4.78 is 0. The van der Waals surface area contributed by atoms with Gasteiger partial charge in [-0.15, -0.1) is 0 Å². The van der Waals surface area contributed by atoms with Crippen LogP contribution in [0.25, 0.3) is 10.8 Å². The molecule has 4 rings (SSSR count). The summed E-state index contributed by atoms with van der Waals surface area (Å²) >= 11 is 6.62. The Hall–Kier alpha value is -2.45. The van der Waals surface area contributed by atoms with Gasteiger partial charge < -0.3 is 0 Å². The van der Waals surface area contributed by atoms with E-state index in [1.165, 1.54) is 0 Å².